The molecule has 0 bridgehead atoms. The van der Waals surface area contributed by atoms with Gasteiger partial charge in [-0.2, -0.15) is 0 Å². The number of hydrogen-bond donors (Lipinski definition) is 1. The van der Waals surface area contributed by atoms with Gasteiger partial charge in [-0.05, 0) is 43.6 Å². The Morgan fingerprint density at radius 1 is 1.47 bits per heavy atom. The molecular formula is C14H19BrN2O2. The van der Waals surface area contributed by atoms with Gasteiger partial charge in [0.2, 0.25) is 0 Å². The Hall–Kier alpha value is -0.910. The molecule has 1 aromatic rings. The van der Waals surface area contributed by atoms with Gasteiger partial charge in [0.1, 0.15) is 0 Å². The Labute approximate surface area is 122 Å². The van der Waals surface area contributed by atoms with Crippen molar-refractivity contribution in [3.63, 3.8) is 0 Å². The summed E-state index contributed by atoms with van der Waals surface area (Å²) in [5.41, 5.74) is 7.65. The number of esters is 1. The molecular weight excluding hydrogens is 308 g/mol. The number of methoxy groups -OCH3 is 1. The van der Waals surface area contributed by atoms with E-state index in [4.69, 9.17) is 10.5 Å². The second-order valence-corrected chi connectivity index (χ2v) is 5.77. The van der Waals surface area contributed by atoms with Gasteiger partial charge in [0.25, 0.3) is 0 Å². The molecule has 0 amide bonds. The Morgan fingerprint density at radius 2 is 2.16 bits per heavy atom. The number of halogens is 1. The molecule has 19 heavy (non-hydrogen) atoms. The van der Waals surface area contributed by atoms with Crippen molar-refractivity contribution in [2.45, 2.75) is 25.4 Å². The van der Waals surface area contributed by atoms with E-state index < -0.39 is 0 Å². The van der Waals surface area contributed by atoms with Crippen LogP contribution in [-0.2, 0) is 11.3 Å². The fraction of sp³-hybridized carbons (Fsp3) is 0.500. The molecule has 0 radical (unpaired) electrons. The highest BCUT2D eigenvalue weighted by Crippen LogP contribution is 2.22. The third-order valence-electron chi connectivity index (χ3n) is 3.50. The molecule has 0 atom stereocenters. The van der Waals surface area contributed by atoms with Crippen LogP contribution >= 0.6 is 15.9 Å². The van der Waals surface area contributed by atoms with Crippen molar-refractivity contribution in [2.24, 2.45) is 5.73 Å². The Balaban J connectivity index is 2.03. The van der Waals surface area contributed by atoms with Crippen LogP contribution in [0.5, 0.6) is 0 Å². The maximum absolute atomic E-state index is 11.4. The summed E-state index contributed by atoms with van der Waals surface area (Å²) >= 11 is 3.52. The summed E-state index contributed by atoms with van der Waals surface area (Å²) in [6.07, 6.45) is 2.11. The predicted molar refractivity (Wildman–Crippen MR) is 78.0 cm³/mol. The van der Waals surface area contributed by atoms with Gasteiger partial charge in [-0.15, -0.1) is 0 Å². The lowest BCUT2D eigenvalue weighted by Crippen LogP contribution is -2.39. The van der Waals surface area contributed by atoms with Crippen molar-refractivity contribution in [1.29, 1.82) is 0 Å². The van der Waals surface area contributed by atoms with Crippen molar-refractivity contribution < 1.29 is 9.53 Å². The van der Waals surface area contributed by atoms with E-state index in [1.165, 1.54) is 12.7 Å². The molecule has 5 heteroatoms. The highest BCUT2D eigenvalue weighted by molar-refractivity contribution is 9.10. The lowest BCUT2D eigenvalue weighted by atomic mass is 10.0. The highest BCUT2D eigenvalue weighted by atomic mass is 79.9. The maximum atomic E-state index is 11.4. The molecule has 1 aromatic carbocycles. The number of nitrogens with zero attached hydrogens (tertiary/aromatic N) is 1. The van der Waals surface area contributed by atoms with Crippen LogP contribution < -0.4 is 5.73 Å². The zero-order valence-electron chi connectivity index (χ0n) is 11.1. The Bertz CT molecular complexity index is 457. The summed E-state index contributed by atoms with van der Waals surface area (Å²) in [5.74, 6) is -0.309. The summed E-state index contributed by atoms with van der Waals surface area (Å²) in [6.45, 7) is 2.95. The molecule has 0 aliphatic carbocycles. The van der Waals surface area contributed by atoms with E-state index in [9.17, 15) is 4.79 Å². The molecule has 0 saturated carbocycles. The van der Waals surface area contributed by atoms with E-state index >= 15 is 0 Å². The van der Waals surface area contributed by atoms with Gasteiger partial charge in [-0.25, -0.2) is 4.79 Å². The van der Waals surface area contributed by atoms with Gasteiger partial charge in [0.15, 0.2) is 0 Å². The van der Waals surface area contributed by atoms with Crippen molar-refractivity contribution in [2.75, 3.05) is 20.2 Å². The lowest BCUT2D eigenvalue weighted by Gasteiger charge is -2.30. The molecule has 4 nitrogen and oxygen atoms in total. The van der Waals surface area contributed by atoms with E-state index in [1.807, 2.05) is 18.2 Å². The lowest BCUT2D eigenvalue weighted by molar-refractivity contribution is 0.0600. The maximum Gasteiger partial charge on any atom is 0.337 e. The van der Waals surface area contributed by atoms with Crippen LogP contribution in [0.4, 0.5) is 0 Å². The first-order chi connectivity index (χ1) is 9.10. The molecule has 0 aromatic heterocycles. The van der Waals surface area contributed by atoms with E-state index in [2.05, 4.69) is 20.8 Å². The van der Waals surface area contributed by atoms with E-state index in [-0.39, 0.29) is 5.97 Å². The number of carbonyl (C=O) groups excluding carboxylic acids is 1. The SMILES string of the molecule is COC(=O)c1ccc(CN2CCC(N)CC2)c(Br)c1. The molecule has 0 spiro atoms. The zero-order chi connectivity index (χ0) is 13.8. The molecule has 2 N–H and O–H groups in total. The number of carbonyl (C=O) groups is 1. The fourth-order valence-electron chi connectivity index (χ4n) is 2.27. The third kappa shape index (κ3) is 3.78. The van der Waals surface area contributed by atoms with Crippen LogP contribution in [0.3, 0.4) is 0 Å². The first kappa shape index (κ1) is 14.5. The minimum absolute atomic E-state index is 0.309. The number of hydrogen-bond acceptors (Lipinski definition) is 4. The van der Waals surface area contributed by atoms with Crippen LogP contribution in [0.25, 0.3) is 0 Å². The number of rotatable bonds is 3. The topological polar surface area (TPSA) is 55.6 Å². The summed E-state index contributed by atoms with van der Waals surface area (Å²) in [5, 5.41) is 0. The minimum atomic E-state index is -0.309. The predicted octanol–water partition coefficient (Wildman–Crippen LogP) is 2.16. The van der Waals surface area contributed by atoms with Gasteiger partial charge in [0, 0.05) is 17.1 Å². The summed E-state index contributed by atoms with van der Waals surface area (Å²) in [4.78, 5) is 13.8. The smallest absolute Gasteiger partial charge is 0.337 e. The Morgan fingerprint density at radius 3 is 2.74 bits per heavy atom. The minimum Gasteiger partial charge on any atom is -0.465 e. The fourth-order valence-corrected chi connectivity index (χ4v) is 2.78. The first-order valence-corrected chi connectivity index (χ1v) is 7.24. The number of benzene rings is 1. The van der Waals surface area contributed by atoms with E-state index in [1.54, 1.807) is 0 Å². The van der Waals surface area contributed by atoms with E-state index in [0.29, 0.717) is 11.6 Å². The molecule has 104 valence electrons. The number of ether oxygens (including phenoxy) is 1. The van der Waals surface area contributed by atoms with Crippen molar-refractivity contribution in [1.82, 2.24) is 4.90 Å². The third-order valence-corrected chi connectivity index (χ3v) is 4.24. The van der Waals surface area contributed by atoms with Crippen molar-refractivity contribution in [3.8, 4) is 0 Å². The number of piperidine rings is 1. The summed E-state index contributed by atoms with van der Waals surface area (Å²) in [6, 6.07) is 5.95. The van der Waals surface area contributed by atoms with Crippen LogP contribution in [0.15, 0.2) is 22.7 Å². The molecule has 1 aliphatic heterocycles. The van der Waals surface area contributed by atoms with Crippen LogP contribution in [0, 0.1) is 0 Å². The van der Waals surface area contributed by atoms with Gasteiger partial charge >= 0.3 is 5.97 Å². The van der Waals surface area contributed by atoms with Gasteiger partial charge in [-0.3, -0.25) is 4.90 Å². The quantitative estimate of drug-likeness (QED) is 0.865. The second-order valence-electron chi connectivity index (χ2n) is 4.91. The van der Waals surface area contributed by atoms with Crippen LogP contribution in [0.1, 0.15) is 28.8 Å². The van der Waals surface area contributed by atoms with Crippen molar-refractivity contribution >= 4 is 21.9 Å². The van der Waals surface area contributed by atoms with Crippen LogP contribution in [-0.4, -0.2) is 37.1 Å². The first-order valence-electron chi connectivity index (χ1n) is 6.45. The number of nitrogens with two attached hydrogens (primary N) is 1. The highest BCUT2D eigenvalue weighted by Gasteiger charge is 2.17. The molecule has 2 rings (SSSR count). The zero-order valence-corrected chi connectivity index (χ0v) is 12.6. The average Bonchev–Trinajstić information content (AvgIpc) is 2.42. The van der Waals surface area contributed by atoms with Gasteiger partial charge in [0.05, 0.1) is 12.7 Å². The number of likely N-dealkylation sites (tertiary alicyclic amines) is 1. The summed E-state index contributed by atoms with van der Waals surface area (Å²) in [7, 11) is 1.39. The standard InChI is InChI=1S/C14H19BrN2O2/c1-19-14(18)10-2-3-11(13(15)8-10)9-17-6-4-12(16)5-7-17/h2-3,8,12H,4-7,9,16H2,1H3. The normalized spacial score (nSPS) is 17.4. The molecule has 1 heterocycles. The van der Waals surface area contributed by atoms with Gasteiger partial charge < -0.3 is 10.5 Å². The monoisotopic (exact) mass is 326 g/mol. The molecule has 0 unspecified atom stereocenters. The largest absolute Gasteiger partial charge is 0.465 e. The second kappa shape index (κ2) is 6.50. The average molecular weight is 327 g/mol. The molecule has 1 aliphatic rings. The van der Waals surface area contributed by atoms with E-state index in [0.717, 1.165) is 36.9 Å². The van der Waals surface area contributed by atoms with Crippen LogP contribution in [0.2, 0.25) is 0 Å². The Kier molecular flexibility index (Phi) is 4.96. The summed E-state index contributed by atoms with van der Waals surface area (Å²) < 4.78 is 5.66. The molecule has 1 fully saturated rings. The molecule has 1 saturated heterocycles. The van der Waals surface area contributed by atoms with Crippen molar-refractivity contribution in [3.05, 3.63) is 33.8 Å². The van der Waals surface area contributed by atoms with Gasteiger partial charge in [-0.1, -0.05) is 22.0 Å².